The van der Waals surface area contributed by atoms with Gasteiger partial charge in [-0.25, -0.2) is 8.42 Å². The van der Waals surface area contributed by atoms with Gasteiger partial charge in [-0.1, -0.05) is 33.6 Å². The first kappa shape index (κ1) is 15.9. The number of nitrogens with two attached hydrogens (primary N) is 1. The van der Waals surface area contributed by atoms with Gasteiger partial charge in [0.25, 0.3) is 0 Å². The third kappa shape index (κ3) is 5.24. The first-order valence-electron chi connectivity index (χ1n) is 5.42. The predicted octanol–water partition coefficient (Wildman–Crippen LogP) is 2.43. The number of rotatable bonds is 6. The fourth-order valence-electron chi connectivity index (χ4n) is 1.66. The number of hydrazine groups is 1. The summed E-state index contributed by atoms with van der Waals surface area (Å²) in [5, 5.41) is 0.637. The van der Waals surface area contributed by atoms with Crippen LogP contribution in [-0.4, -0.2) is 20.4 Å². The average Bonchev–Trinajstić information content (AvgIpc) is 2.24. The standard InChI is InChI=1S/C11H16BrClN2O2S/c1-18(16,17)6-2-3-11(15-14)9-5-4-8(13)7-10(9)12/h4-5,7,11,15H,2-3,6,14H2,1H3. The third-order valence-electron chi connectivity index (χ3n) is 2.55. The van der Waals surface area contributed by atoms with Crippen LogP contribution < -0.4 is 11.3 Å². The minimum absolute atomic E-state index is 0.0987. The largest absolute Gasteiger partial charge is 0.271 e. The molecular weight excluding hydrogens is 340 g/mol. The Labute approximate surface area is 121 Å². The van der Waals surface area contributed by atoms with Crippen LogP contribution in [0.25, 0.3) is 0 Å². The molecule has 0 radical (unpaired) electrons. The summed E-state index contributed by atoms with van der Waals surface area (Å²) in [4.78, 5) is 0. The summed E-state index contributed by atoms with van der Waals surface area (Å²) in [6.07, 6.45) is 2.43. The van der Waals surface area contributed by atoms with Gasteiger partial charge < -0.3 is 0 Å². The zero-order chi connectivity index (χ0) is 13.8. The summed E-state index contributed by atoms with van der Waals surface area (Å²) in [6.45, 7) is 0. The predicted molar refractivity (Wildman–Crippen MR) is 78.2 cm³/mol. The van der Waals surface area contributed by atoms with E-state index in [1.165, 1.54) is 6.26 Å². The molecule has 0 fully saturated rings. The van der Waals surface area contributed by atoms with Crippen LogP contribution in [0.5, 0.6) is 0 Å². The van der Waals surface area contributed by atoms with Gasteiger partial charge in [-0.05, 0) is 30.5 Å². The van der Waals surface area contributed by atoms with E-state index >= 15 is 0 Å². The molecule has 102 valence electrons. The van der Waals surface area contributed by atoms with Gasteiger partial charge in [-0.2, -0.15) is 0 Å². The van der Waals surface area contributed by atoms with E-state index in [9.17, 15) is 8.42 Å². The van der Waals surface area contributed by atoms with E-state index in [4.69, 9.17) is 17.4 Å². The van der Waals surface area contributed by atoms with Crippen molar-refractivity contribution in [2.24, 2.45) is 5.84 Å². The minimum Gasteiger partial charge on any atom is -0.271 e. The van der Waals surface area contributed by atoms with Gasteiger partial charge in [-0.3, -0.25) is 11.3 Å². The normalized spacial score (nSPS) is 13.6. The molecule has 0 aromatic heterocycles. The van der Waals surface area contributed by atoms with Crippen molar-refractivity contribution in [3.8, 4) is 0 Å². The van der Waals surface area contributed by atoms with E-state index in [0.29, 0.717) is 17.9 Å². The average molecular weight is 356 g/mol. The molecule has 0 aliphatic carbocycles. The molecule has 0 heterocycles. The Morgan fingerprint density at radius 1 is 1.50 bits per heavy atom. The van der Waals surface area contributed by atoms with Crippen molar-refractivity contribution in [1.29, 1.82) is 0 Å². The number of halogens is 2. The fraction of sp³-hybridized carbons (Fsp3) is 0.455. The molecule has 7 heteroatoms. The lowest BCUT2D eigenvalue weighted by molar-refractivity contribution is 0.506. The summed E-state index contributed by atoms with van der Waals surface area (Å²) in [5.74, 6) is 5.67. The topological polar surface area (TPSA) is 72.2 Å². The van der Waals surface area contributed by atoms with Gasteiger partial charge >= 0.3 is 0 Å². The van der Waals surface area contributed by atoms with Gasteiger partial charge in [0, 0.05) is 27.5 Å². The molecule has 0 aliphatic heterocycles. The van der Waals surface area contributed by atoms with E-state index in [1.54, 1.807) is 12.1 Å². The van der Waals surface area contributed by atoms with Crippen LogP contribution >= 0.6 is 27.5 Å². The maximum absolute atomic E-state index is 11.1. The van der Waals surface area contributed by atoms with Crippen LogP contribution in [-0.2, 0) is 9.84 Å². The maximum atomic E-state index is 11.1. The second-order valence-electron chi connectivity index (χ2n) is 4.16. The smallest absolute Gasteiger partial charge is 0.147 e. The lowest BCUT2D eigenvalue weighted by Gasteiger charge is -2.17. The van der Waals surface area contributed by atoms with Crippen molar-refractivity contribution >= 4 is 37.4 Å². The number of sulfone groups is 1. The molecule has 0 amide bonds. The third-order valence-corrected chi connectivity index (χ3v) is 4.50. The Bertz CT molecular complexity index is 508. The van der Waals surface area contributed by atoms with Crippen molar-refractivity contribution in [3.05, 3.63) is 33.3 Å². The lowest BCUT2D eigenvalue weighted by atomic mass is 10.0. The Morgan fingerprint density at radius 3 is 2.67 bits per heavy atom. The van der Waals surface area contributed by atoms with Gasteiger partial charge in [0.05, 0.1) is 0 Å². The molecule has 1 aromatic rings. The van der Waals surface area contributed by atoms with Crippen molar-refractivity contribution in [2.75, 3.05) is 12.0 Å². The van der Waals surface area contributed by atoms with Crippen LogP contribution in [0.1, 0.15) is 24.4 Å². The second-order valence-corrected chi connectivity index (χ2v) is 7.71. The molecule has 4 nitrogen and oxygen atoms in total. The van der Waals surface area contributed by atoms with Crippen LogP contribution in [0.15, 0.2) is 22.7 Å². The molecule has 0 saturated heterocycles. The summed E-state index contributed by atoms with van der Waals surface area (Å²) in [5.41, 5.74) is 3.66. The Hall–Kier alpha value is -0.140. The van der Waals surface area contributed by atoms with Gasteiger partial charge in [0.2, 0.25) is 0 Å². The van der Waals surface area contributed by atoms with Gasteiger partial charge in [-0.15, -0.1) is 0 Å². The van der Waals surface area contributed by atoms with Crippen LogP contribution in [0.4, 0.5) is 0 Å². The van der Waals surface area contributed by atoms with Crippen molar-refractivity contribution < 1.29 is 8.42 Å². The Balaban J connectivity index is 2.71. The molecule has 0 bridgehead atoms. The van der Waals surface area contributed by atoms with Crippen LogP contribution in [0, 0.1) is 0 Å². The zero-order valence-corrected chi connectivity index (χ0v) is 13.1. The SMILES string of the molecule is CS(=O)(=O)CCCC(NN)c1ccc(Cl)cc1Br. The first-order valence-corrected chi connectivity index (χ1v) is 8.65. The highest BCUT2D eigenvalue weighted by molar-refractivity contribution is 9.10. The number of benzene rings is 1. The highest BCUT2D eigenvalue weighted by atomic mass is 79.9. The second kappa shape index (κ2) is 6.86. The number of nitrogens with one attached hydrogen (secondary N) is 1. The number of hydrogen-bond donors (Lipinski definition) is 2. The van der Waals surface area contributed by atoms with Crippen molar-refractivity contribution in [1.82, 2.24) is 5.43 Å². The molecule has 1 atom stereocenters. The van der Waals surface area contributed by atoms with E-state index in [-0.39, 0.29) is 11.8 Å². The molecule has 1 rings (SSSR count). The minimum atomic E-state index is -2.93. The zero-order valence-electron chi connectivity index (χ0n) is 9.99. The summed E-state index contributed by atoms with van der Waals surface area (Å²) < 4.78 is 23.0. The molecule has 18 heavy (non-hydrogen) atoms. The molecule has 0 aliphatic rings. The van der Waals surface area contributed by atoms with Crippen molar-refractivity contribution in [2.45, 2.75) is 18.9 Å². The molecular formula is C11H16BrClN2O2S. The van der Waals surface area contributed by atoms with E-state index in [0.717, 1.165) is 10.0 Å². The molecule has 0 spiro atoms. The monoisotopic (exact) mass is 354 g/mol. The van der Waals surface area contributed by atoms with Crippen LogP contribution in [0.2, 0.25) is 5.02 Å². The molecule has 0 saturated carbocycles. The van der Waals surface area contributed by atoms with Gasteiger partial charge in [0.15, 0.2) is 0 Å². The molecule has 1 unspecified atom stereocenters. The van der Waals surface area contributed by atoms with E-state index in [1.807, 2.05) is 6.07 Å². The Morgan fingerprint density at radius 2 is 2.17 bits per heavy atom. The Kier molecular flexibility index (Phi) is 6.07. The maximum Gasteiger partial charge on any atom is 0.147 e. The fourth-order valence-corrected chi connectivity index (χ4v) is 3.31. The highest BCUT2D eigenvalue weighted by Crippen LogP contribution is 2.28. The first-order chi connectivity index (χ1) is 8.33. The molecule has 1 aromatic carbocycles. The van der Waals surface area contributed by atoms with Crippen molar-refractivity contribution in [3.63, 3.8) is 0 Å². The van der Waals surface area contributed by atoms with E-state index < -0.39 is 9.84 Å². The van der Waals surface area contributed by atoms with Gasteiger partial charge in [0.1, 0.15) is 9.84 Å². The molecule has 3 N–H and O–H groups in total. The number of hydrogen-bond acceptors (Lipinski definition) is 4. The summed E-state index contributed by atoms with van der Waals surface area (Å²) in [7, 11) is -2.93. The highest BCUT2D eigenvalue weighted by Gasteiger charge is 2.14. The summed E-state index contributed by atoms with van der Waals surface area (Å²) >= 11 is 9.29. The summed E-state index contributed by atoms with van der Waals surface area (Å²) in [6, 6.07) is 5.34. The quantitative estimate of drug-likeness (QED) is 0.607. The van der Waals surface area contributed by atoms with Crippen LogP contribution in [0.3, 0.4) is 0 Å². The van der Waals surface area contributed by atoms with E-state index in [2.05, 4.69) is 21.4 Å². The lowest BCUT2D eigenvalue weighted by Crippen LogP contribution is -2.28.